The van der Waals surface area contributed by atoms with Crippen molar-refractivity contribution >= 4 is 11.6 Å². The minimum absolute atomic E-state index is 0.458. The van der Waals surface area contributed by atoms with Crippen LogP contribution in [0, 0.1) is 17.8 Å². The van der Waals surface area contributed by atoms with Crippen molar-refractivity contribution in [1.82, 2.24) is 0 Å². The molecule has 1 fully saturated rings. The molecule has 0 aliphatic heterocycles. The van der Waals surface area contributed by atoms with E-state index in [0.717, 1.165) is 17.8 Å². The minimum Gasteiger partial charge on any atom is -0.123 e. The Morgan fingerprint density at radius 2 is 1.91 bits per heavy atom. The maximum Gasteiger partial charge on any atom is 0.0338 e. The number of rotatable bonds is 1. The predicted molar refractivity (Wildman–Crippen MR) is 51.0 cm³/mol. The van der Waals surface area contributed by atoms with Crippen molar-refractivity contribution in [1.29, 1.82) is 0 Å². The van der Waals surface area contributed by atoms with Crippen LogP contribution in [-0.2, 0) is 0 Å². The van der Waals surface area contributed by atoms with Crippen molar-refractivity contribution in [3.05, 3.63) is 0 Å². The SMILES string of the molecule is CC(C)C1CCC(Cl)CC1C. The molecule has 0 saturated heterocycles. The highest BCUT2D eigenvalue weighted by atomic mass is 35.5. The summed E-state index contributed by atoms with van der Waals surface area (Å²) in [5, 5.41) is 0.458. The molecule has 0 heterocycles. The van der Waals surface area contributed by atoms with E-state index in [1.807, 2.05) is 0 Å². The third kappa shape index (κ3) is 2.37. The average molecular weight is 175 g/mol. The van der Waals surface area contributed by atoms with Crippen molar-refractivity contribution in [3.8, 4) is 0 Å². The summed E-state index contributed by atoms with van der Waals surface area (Å²) in [5.41, 5.74) is 0. The standard InChI is InChI=1S/C10H19Cl/c1-7(2)10-5-4-9(11)6-8(10)3/h7-10H,4-6H2,1-3H3. The first-order chi connectivity index (χ1) is 5.11. The van der Waals surface area contributed by atoms with Crippen LogP contribution in [0.2, 0.25) is 0 Å². The number of alkyl halides is 1. The molecule has 0 aromatic heterocycles. The van der Waals surface area contributed by atoms with Gasteiger partial charge in [-0.15, -0.1) is 11.6 Å². The molecule has 1 rings (SSSR count). The van der Waals surface area contributed by atoms with Gasteiger partial charge in [-0.05, 0) is 37.0 Å². The van der Waals surface area contributed by atoms with Gasteiger partial charge in [0, 0.05) is 5.38 Å². The summed E-state index contributed by atoms with van der Waals surface area (Å²) in [4.78, 5) is 0. The molecule has 0 amide bonds. The first kappa shape index (κ1) is 9.38. The molecule has 66 valence electrons. The lowest BCUT2D eigenvalue weighted by Crippen LogP contribution is -2.26. The zero-order chi connectivity index (χ0) is 8.43. The first-order valence-electron chi connectivity index (χ1n) is 4.75. The van der Waals surface area contributed by atoms with Crippen LogP contribution in [-0.4, -0.2) is 5.38 Å². The van der Waals surface area contributed by atoms with Crippen molar-refractivity contribution in [3.63, 3.8) is 0 Å². The van der Waals surface area contributed by atoms with Crippen molar-refractivity contribution < 1.29 is 0 Å². The largest absolute Gasteiger partial charge is 0.123 e. The molecule has 0 bridgehead atoms. The van der Waals surface area contributed by atoms with Crippen LogP contribution in [0.25, 0.3) is 0 Å². The highest BCUT2D eigenvalue weighted by molar-refractivity contribution is 6.20. The Labute approximate surface area is 75.3 Å². The van der Waals surface area contributed by atoms with Crippen molar-refractivity contribution in [2.75, 3.05) is 0 Å². The monoisotopic (exact) mass is 174 g/mol. The fourth-order valence-electron chi connectivity index (χ4n) is 2.34. The summed E-state index contributed by atoms with van der Waals surface area (Å²) >= 11 is 6.08. The second-order valence-electron chi connectivity index (χ2n) is 4.30. The Hall–Kier alpha value is 0.290. The van der Waals surface area contributed by atoms with Crippen LogP contribution < -0.4 is 0 Å². The molecule has 0 aromatic rings. The molecule has 1 saturated carbocycles. The fourth-order valence-corrected chi connectivity index (χ4v) is 2.75. The molecule has 0 N–H and O–H groups in total. The van der Waals surface area contributed by atoms with Gasteiger partial charge in [-0.1, -0.05) is 20.8 Å². The summed E-state index contributed by atoms with van der Waals surface area (Å²) in [6.07, 6.45) is 3.80. The van der Waals surface area contributed by atoms with Gasteiger partial charge >= 0.3 is 0 Å². The topological polar surface area (TPSA) is 0 Å². The molecule has 0 radical (unpaired) electrons. The second kappa shape index (κ2) is 3.80. The lowest BCUT2D eigenvalue weighted by atomic mass is 9.74. The highest BCUT2D eigenvalue weighted by Gasteiger charge is 2.27. The lowest BCUT2D eigenvalue weighted by Gasteiger charge is -2.34. The van der Waals surface area contributed by atoms with Gasteiger partial charge in [0.1, 0.15) is 0 Å². The Kier molecular flexibility index (Phi) is 3.24. The van der Waals surface area contributed by atoms with Crippen LogP contribution in [0.1, 0.15) is 40.0 Å². The highest BCUT2D eigenvalue weighted by Crippen LogP contribution is 2.36. The quantitative estimate of drug-likeness (QED) is 0.532. The third-order valence-electron chi connectivity index (χ3n) is 3.03. The van der Waals surface area contributed by atoms with Gasteiger partial charge in [0.25, 0.3) is 0 Å². The van der Waals surface area contributed by atoms with Crippen LogP contribution in [0.3, 0.4) is 0 Å². The van der Waals surface area contributed by atoms with E-state index < -0.39 is 0 Å². The lowest BCUT2D eigenvalue weighted by molar-refractivity contribution is 0.198. The summed E-state index contributed by atoms with van der Waals surface area (Å²) in [6.45, 7) is 7.00. The van der Waals surface area contributed by atoms with E-state index in [2.05, 4.69) is 20.8 Å². The first-order valence-corrected chi connectivity index (χ1v) is 5.19. The maximum absolute atomic E-state index is 6.08. The number of hydrogen-bond acceptors (Lipinski definition) is 0. The number of hydrogen-bond donors (Lipinski definition) is 0. The molecule has 0 nitrogen and oxygen atoms in total. The van der Waals surface area contributed by atoms with Crippen molar-refractivity contribution in [2.24, 2.45) is 17.8 Å². The third-order valence-corrected chi connectivity index (χ3v) is 3.42. The summed E-state index contributed by atoms with van der Waals surface area (Å²) in [6, 6.07) is 0. The Balaban J connectivity index is 2.44. The second-order valence-corrected chi connectivity index (χ2v) is 4.91. The molecule has 11 heavy (non-hydrogen) atoms. The molecule has 3 unspecified atom stereocenters. The predicted octanol–water partition coefficient (Wildman–Crippen LogP) is 3.69. The molecule has 1 aliphatic carbocycles. The molecule has 0 spiro atoms. The van der Waals surface area contributed by atoms with Crippen LogP contribution in [0.5, 0.6) is 0 Å². The molecule has 3 atom stereocenters. The Bertz CT molecular complexity index is 120. The van der Waals surface area contributed by atoms with E-state index >= 15 is 0 Å². The van der Waals surface area contributed by atoms with Gasteiger partial charge in [-0.3, -0.25) is 0 Å². The molecular formula is C10H19Cl. The van der Waals surface area contributed by atoms with E-state index in [1.54, 1.807) is 0 Å². The van der Waals surface area contributed by atoms with Gasteiger partial charge in [0.15, 0.2) is 0 Å². The minimum atomic E-state index is 0.458. The summed E-state index contributed by atoms with van der Waals surface area (Å²) in [5.74, 6) is 2.60. The summed E-state index contributed by atoms with van der Waals surface area (Å²) in [7, 11) is 0. The van der Waals surface area contributed by atoms with Gasteiger partial charge < -0.3 is 0 Å². The summed E-state index contributed by atoms with van der Waals surface area (Å²) < 4.78 is 0. The maximum atomic E-state index is 6.08. The Morgan fingerprint density at radius 3 is 2.36 bits per heavy atom. The van der Waals surface area contributed by atoms with Crippen LogP contribution in [0.15, 0.2) is 0 Å². The van der Waals surface area contributed by atoms with Crippen LogP contribution >= 0.6 is 11.6 Å². The normalized spacial score (nSPS) is 39.5. The van der Waals surface area contributed by atoms with Crippen LogP contribution in [0.4, 0.5) is 0 Å². The molecule has 1 aliphatic rings. The van der Waals surface area contributed by atoms with Gasteiger partial charge in [-0.2, -0.15) is 0 Å². The molecule has 1 heteroatoms. The van der Waals surface area contributed by atoms with Gasteiger partial charge in [0.2, 0.25) is 0 Å². The molecule has 0 aromatic carbocycles. The fraction of sp³-hybridized carbons (Fsp3) is 1.00. The van der Waals surface area contributed by atoms with E-state index in [1.165, 1.54) is 19.3 Å². The van der Waals surface area contributed by atoms with Gasteiger partial charge in [-0.25, -0.2) is 0 Å². The zero-order valence-electron chi connectivity index (χ0n) is 7.81. The van der Waals surface area contributed by atoms with E-state index in [0.29, 0.717) is 5.38 Å². The molecular weight excluding hydrogens is 156 g/mol. The Morgan fingerprint density at radius 1 is 1.27 bits per heavy atom. The van der Waals surface area contributed by atoms with E-state index in [4.69, 9.17) is 11.6 Å². The number of halogens is 1. The van der Waals surface area contributed by atoms with Gasteiger partial charge in [0.05, 0.1) is 0 Å². The smallest absolute Gasteiger partial charge is 0.0338 e. The van der Waals surface area contributed by atoms with E-state index in [-0.39, 0.29) is 0 Å². The van der Waals surface area contributed by atoms with E-state index in [9.17, 15) is 0 Å². The average Bonchev–Trinajstić information content (AvgIpc) is 1.85. The zero-order valence-corrected chi connectivity index (χ0v) is 8.56. The van der Waals surface area contributed by atoms with Crippen molar-refractivity contribution in [2.45, 2.75) is 45.4 Å².